The van der Waals surface area contributed by atoms with Crippen LogP contribution >= 0.6 is 0 Å². The smallest absolute Gasteiger partial charge is 0.347 e. The molecule has 0 bridgehead atoms. The SMILES string of the molecule is CCOC(=O)[C@H](C)Oc1ccccc1NC(C)=O. The van der Waals surface area contributed by atoms with Crippen LogP contribution in [0.3, 0.4) is 0 Å². The zero-order valence-corrected chi connectivity index (χ0v) is 10.7. The summed E-state index contributed by atoms with van der Waals surface area (Å²) in [6, 6.07) is 6.92. The first kappa shape index (κ1) is 14.0. The van der Waals surface area contributed by atoms with Gasteiger partial charge in [0.05, 0.1) is 12.3 Å². The highest BCUT2D eigenvalue weighted by atomic mass is 16.6. The molecule has 98 valence electrons. The minimum Gasteiger partial charge on any atom is -0.477 e. The normalized spacial score (nSPS) is 11.5. The molecule has 0 fully saturated rings. The maximum absolute atomic E-state index is 11.4. The molecule has 1 N–H and O–H groups in total. The van der Waals surface area contributed by atoms with Crippen LogP contribution in [0.25, 0.3) is 0 Å². The van der Waals surface area contributed by atoms with Crippen LogP contribution in [0.1, 0.15) is 20.8 Å². The number of carbonyl (C=O) groups excluding carboxylic acids is 2. The summed E-state index contributed by atoms with van der Waals surface area (Å²) >= 11 is 0. The van der Waals surface area contributed by atoms with Gasteiger partial charge in [0.2, 0.25) is 5.91 Å². The number of para-hydroxylation sites is 2. The van der Waals surface area contributed by atoms with Crippen molar-refractivity contribution in [1.82, 2.24) is 0 Å². The molecule has 5 nitrogen and oxygen atoms in total. The van der Waals surface area contributed by atoms with Gasteiger partial charge in [0.25, 0.3) is 0 Å². The highest BCUT2D eigenvalue weighted by molar-refractivity contribution is 5.90. The number of rotatable bonds is 5. The second-order valence-electron chi connectivity index (χ2n) is 3.69. The van der Waals surface area contributed by atoms with Crippen LogP contribution in [0.2, 0.25) is 0 Å². The van der Waals surface area contributed by atoms with E-state index in [0.29, 0.717) is 18.0 Å². The van der Waals surface area contributed by atoms with Crippen molar-refractivity contribution < 1.29 is 19.1 Å². The molecular weight excluding hydrogens is 234 g/mol. The zero-order chi connectivity index (χ0) is 13.5. The molecule has 0 aliphatic rings. The largest absolute Gasteiger partial charge is 0.477 e. The van der Waals surface area contributed by atoms with Gasteiger partial charge in [-0.2, -0.15) is 0 Å². The van der Waals surface area contributed by atoms with Gasteiger partial charge in [-0.3, -0.25) is 4.79 Å². The fourth-order valence-electron chi connectivity index (χ4n) is 1.36. The molecule has 0 saturated carbocycles. The Morgan fingerprint density at radius 1 is 1.33 bits per heavy atom. The van der Waals surface area contributed by atoms with Gasteiger partial charge in [-0.1, -0.05) is 12.1 Å². The first-order chi connectivity index (χ1) is 8.54. The summed E-state index contributed by atoms with van der Waals surface area (Å²) in [6.07, 6.45) is -0.722. The summed E-state index contributed by atoms with van der Waals surface area (Å²) in [5, 5.41) is 2.63. The molecule has 18 heavy (non-hydrogen) atoms. The first-order valence-corrected chi connectivity index (χ1v) is 5.74. The van der Waals surface area contributed by atoms with Gasteiger partial charge in [-0.25, -0.2) is 4.79 Å². The molecule has 1 atom stereocenters. The third kappa shape index (κ3) is 4.08. The monoisotopic (exact) mass is 251 g/mol. The summed E-state index contributed by atoms with van der Waals surface area (Å²) in [5.74, 6) is -0.196. The van der Waals surface area contributed by atoms with E-state index in [9.17, 15) is 9.59 Å². The van der Waals surface area contributed by atoms with Crippen molar-refractivity contribution in [1.29, 1.82) is 0 Å². The Bertz CT molecular complexity index is 431. The predicted octanol–water partition coefficient (Wildman–Crippen LogP) is 1.98. The molecule has 0 radical (unpaired) electrons. The quantitative estimate of drug-likeness (QED) is 0.813. The van der Waals surface area contributed by atoms with Crippen LogP contribution in [0, 0.1) is 0 Å². The Hall–Kier alpha value is -2.04. The Kier molecular flexibility index (Phi) is 5.17. The van der Waals surface area contributed by atoms with Gasteiger partial charge in [-0.15, -0.1) is 0 Å². The number of nitrogens with one attached hydrogen (secondary N) is 1. The van der Waals surface area contributed by atoms with Crippen molar-refractivity contribution in [3.8, 4) is 5.75 Å². The minimum absolute atomic E-state index is 0.199. The van der Waals surface area contributed by atoms with Gasteiger partial charge in [0.1, 0.15) is 5.75 Å². The molecule has 0 aliphatic carbocycles. The third-order valence-corrected chi connectivity index (χ3v) is 2.12. The molecule has 0 unspecified atom stereocenters. The lowest BCUT2D eigenvalue weighted by Crippen LogP contribution is -2.26. The molecule has 1 rings (SSSR count). The van der Waals surface area contributed by atoms with E-state index in [4.69, 9.17) is 9.47 Å². The molecule has 0 saturated heterocycles. The number of hydrogen-bond acceptors (Lipinski definition) is 4. The molecular formula is C13H17NO4. The molecule has 0 aromatic heterocycles. The standard InChI is InChI=1S/C13H17NO4/c1-4-17-13(16)9(2)18-12-8-6-5-7-11(12)14-10(3)15/h5-9H,4H2,1-3H3,(H,14,15)/t9-/m0/s1. The van der Waals surface area contributed by atoms with E-state index in [-0.39, 0.29) is 5.91 Å². The molecule has 0 aliphatic heterocycles. The van der Waals surface area contributed by atoms with E-state index >= 15 is 0 Å². The fraction of sp³-hybridized carbons (Fsp3) is 0.385. The first-order valence-electron chi connectivity index (χ1n) is 5.74. The average Bonchev–Trinajstić information content (AvgIpc) is 2.31. The van der Waals surface area contributed by atoms with E-state index in [0.717, 1.165) is 0 Å². The van der Waals surface area contributed by atoms with Crippen molar-refractivity contribution in [2.24, 2.45) is 0 Å². The van der Waals surface area contributed by atoms with Gasteiger partial charge < -0.3 is 14.8 Å². The van der Waals surface area contributed by atoms with Crippen LogP contribution in [0.4, 0.5) is 5.69 Å². The second kappa shape index (κ2) is 6.64. The van der Waals surface area contributed by atoms with Crippen LogP contribution in [0.15, 0.2) is 24.3 Å². The maximum atomic E-state index is 11.4. The summed E-state index contributed by atoms with van der Waals surface area (Å²) in [6.45, 7) is 5.05. The van der Waals surface area contributed by atoms with Crippen LogP contribution in [-0.4, -0.2) is 24.6 Å². The van der Waals surface area contributed by atoms with Gasteiger partial charge in [0.15, 0.2) is 6.10 Å². The number of esters is 1. The predicted molar refractivity (Wildman–Crippen MR) is 67.5 cm³/mol. The zero-order valence-electron chi connectivity index (χ0n) is 10.7. The molecule has 1 aromatic carbocycles. The Balaban J connectivity index is 2.77. The Morgan fingerprint density at radius 3 is 2.61 bits per heavy atom. The second-order valence-corrected chi connectivity index (χ2v) is 3.69. The average molecular weight is 251 g/mol. The molecule has 5 heteroatoms. The van der Waals surface area contributed by atoms with E-state index in [1.165, 1.54) is 6.92 Å². The Morgan fingerprint density at radius 2 is 2.00 bits per heavy atom. The van der Waals surface area contributed by atoms with Crippen LogP contribution < -0.4 is 10.1 Å². The number of ether oxygens (including phenoxy) is 2. The molecule has 0 heterocycles. The van der Waals surface area contributed by atoms with E-state index < -0.39 is 12.1 Å². The number of amides is 1. The lowest BCUT2D eigenvalue weighted by atomic mass is 10.3. The van der Waals surface area contributed by atoms with Crippen molar-refractivity contribution >= 4 is 17.6 Å². The topological polar surface area (TPSA) is 64.6 Å². The summed E-state index contributed by atoms with van der Waals surface area (Å²) in [5.41, 5.74) is 0.529. The van der Waals surface area contributed by atoms with E-state index in [2.05, 4.69) is 5.32 Å². The third-order valence-electron chi connectivity index (χ3n) is 2.12. The van der Waals surface area contributed by atoms with Crippen molar-refractivity contribution in [2.75, 3.05) is 11.9 Å². The number of hydrogen-bond donors (Lipinski definition) is 1. The maximum Gasteiger partial charge on any atom is 0.347 e. The molecule has 1 aromatic rings. The number of anilines is 1. The highest BCUT2D eigenvalue weighted by Gasteiger charge is 2.17. The van der Waals surface area contributed by atoms with Crippen molar-refractivity contribution in [3.63, 3.8) is 0 Å². The summed E-state index contributed by atoms with van der Waals surface area (Å²) in [7, 11) is 0. The summed E-state index contributed by atoms with van der Waals surface area (Å²) < 4.78 is 10.3. The van der Waals surface area contributed by atoms with Gasteiger partial charge >= 0.3 is 5.97 Å². The fourth-order valence-corrected chi connectivity index (χ4v) is 1.36. The van der Waals surface area contributed by atoms with Gasteiger partial charge in [-0.05, 0) is 26.0 Å². The number of benzene rings is 1. The number of carbonyl (C=O) groups is 2. The van der Waals surface area contributed by atoms with Crippen LogP contribution in [-0.2, 0) is 14.3 Å². The van der Waals surface area contributed by atoms with E-state index in [1.807, 2.05) is 0 Å². The minimum atomic E-state index is -0.722. The van der Waals surface area contributed by atoms with E-state index in [1.54, 1.807) is 38.1 Å². The highest BCUT2D eigenvalue weighted by Crippen LogP contribution is 2.24. The lowest BCUT2D eigenvalue weighted by molar-refractivity contribution is -0.150. The lowest BCUT2D eigenvalue weighted by Gasteiger charge is -2.16. The van der Waals surface area contributed by atoms with Crippen molar-refractivity contribution in [2.45, 2.75) is 26.9 Å². The van der Waals surface area contributed by atoms with Crippen molar-refractivity contribution in [3.05, 3.63) is 24.3 Å². The Labute approximate surface area is 106 Å². The van der Waals surface area contributed by atoms with Crippen LogP contribution in [0.5, 0.6) is 5.75 Å². The summed E-state index contributed by atoms with van der Waals surface area (Å²) in [4.78, 5) is 22.5. The van der Waals surface area contributed by atoms with Gasteiger partial charge in [0, 0.05) is 6.92 Å². The molecule has 0 spiro atoms. The molecule has 1 amide bonds.